The first-order valence-electron chi connectivity index (χ1n) is 5.27. The van der Waals surface area contributed by atoms with Gasteiger partial charge in [-0.05, 0) is 25.0 Å². The predicted molar refractivity (Wildman–Crippen MR) is 57.5 cm³/mol. The van der Waals surface area contributed by atoms with Crippen molar-refractivity contribution < 1.29 is 28.8 Å². The van der Waals surface area contributed by atoms with Gasteiger partial charge < -0.3 is 9.90 Å². The SMILES string of the molecule is O=C([O-])CCCn1cc(-c2ccccn2)nn1.[Li+]. The molecule has 0 saturated heterocycles. The second-order valence-corrected chi connectivity index (χ2v) is 3.56. The van der Waals surface area contributed by atoms with Crippen LogP contribution >= 0.6 is 0 Å². The minimum Gasteiger partial charge on any atom is -0.550 e. The Labute approximate surface area is 116 Å². The van der Waals surface area contributed by atoms with Crippen LogP contribution in [0.5, 0.6) is 0 Å². The van der Waals surface area contributed by atoms with Gasteiger partial charge in [-0.3, -0.25) is 9.67 Å². The van der Waals surface area contributed by atoms with Crippen LogP contribution in [0.1, 0.15) is 12.8 Å². The fourth-order valence-electron chi connectivity index (χ4n) is 1.42. The summed E-state index contributed by atoms with van der Waals surface area (Å²) >= 11 is 0. The summed E-state index contributed by atoms with van der Waals surface area (Å²) in [5.41, 5.74) is 1.43. The molecule has 88 valence electrons. The maximum Gasteiger partial charge on any atom is 1.00 e. The number of carboxylic acids is 1. The van der Waals surface area contributed by atoms with Crippen molar-refractivity contribution >= 4 is 5.97 Å². The van der Waals surface area contributed by atoms with E-state index in [4.69, 9.17) is 0 Å². The van der Waals surface area contributed by atoms with Crippen LogP contribution in [0.3, 0.4) is 0 Å². The Morgan fingerprint density at radius 1 is 1.33 bits per heavy atom. The minimum atomic E-state index is -1.05. The normalized spacial score (nSPS) is 9.78. The third kappa shape index (κ3) is 3.98. The van der Waals surface area contributed by atoms with E-state index in [1.807, 2.05) is 18.2 Å². The zero-order chi connectivity index (χ0) is 12.1. The maximum atomic E-state index is 10.2. The molecule has 0 spiro atoms. The monoisotopic (exact) mass is 238 g/mol. The summed E-state index contributed by atoms with van der Waals surface area (Å²) in [6, 6.07) is 5.54. The van der Waals surface area contributed by atoms with Gasteiger partial charge in [-0.2, -0.15) is 0 Å². The zero-order valence-electron chi connectivity index (χ0n) is 10.1. The van der Waals surface area contributed by atoms with Crippen LogP contribution in [0, 0.1) is 0 Å². The number of pyridine rings is 1. The molecule has 0 atom stereocenters. The van der Waals surface area contributed by atoms with E-state index in [9.17, 15) is 9.90 Å². The average Bonchev–Trinajstić information content (AvgIpc) is 2.78. The fraction of sp³-hybridized carbons (Fsp3) is 0.273. The van der Waals surface area contributed by atoms with Crippen molar-refractivity contribution in [3.8, 4) is 11.4 Å². The quantitative estimate of drug-likeness (QED) is 0.514. The van der Waals surface area contributed by atoms with E-state index < -0.39 is 5.97 Å². The number of aliphatic carboxylic acids is 1. The number of hydrogen-bond acceptors (Lipinski definition) is 5. The molecule has 2 aromatic rings. The van der Waals surface area contributed by atoms with Crippen molar-refractivity contribution in [2.45, 2.75) is 19.4 Å². The van der Waals surface area contributed by atoms with Gasteiger partial charge in [0.1, 0.15) is 5.69 Å². The summed E-state index contributed by atoms with van der Waals surface area (Å²) in [6.07, 6.45) is 3.94. The van der Waals surface area contributed by atoms with E-state index in [1.165, 1.54) is 0 Å². The summed E-state index contributed by atoms with van der Waals surface area (Å²) in [4.78, 5) is 14.4. The van der Waals surface area contributed by atoms with E-state index in [0.717, 1.165) is 5.69 Å². The first kappa shape index (κ1) is 14.4. The Balaban J connectivity index is 0.00000162. The standard InChI is InChI=1S/C11H12N4O2.Li/c16-11(17)5-3-7-15-8-10(13-14-15)9-4-1-2-6-12-9;/h1-2,4,6,8H,3,5,7H2,(H,16,17);/q;+1/p-1. The number of hydrogen-bond donors (Lipinski definition) is 0. The average molecular weight is 238 g/mol. The Bertz CT molecular complexity index is 501. The number of aromatic nitrogens is 4. The van der Waals surface area contributed by atoms with E-state index in [0.29, 0.717) is 18.7 Å². The van der Waals surface area contributed by atoms with Gasteiger partial charge in [-0.1, -0.05) is 11.3 Å². The van der Waals surface area contributed by atoms with Gasteiger partial charge in [0.15, 0.2) is 0 Å². The van der Waals surface area contributed by atoms with Gasteiger partial charge in [0.25, 0.3) is 0 Å². The number of aryl methyl sites for hydroxylation is 1. The molecule has 0 fully saturated rings. The third-order valence-electron chi connectivity index (χ3n) is 2.23. The van der Waals surface area contributed by atoms with Gasteiger partial charge in [-0.25, -0.2) is 0 Å². The topological polar surface area (TPSA) is 83.7 Å². The van der Waals surface area contributed by atoms with Gasteiger partial charge in [0, 0.05) is 18.7 Å². The molecule has 7 heteroatoms. The molecular formula is C11H11LiN4O2. The first-order valence-corrected chi connectivity index (χ1v) is 5.27. The molecule has 6 nitrogen and oxygen atoms in total. The smallest absolute Gasteiger partial charge is 0.550 e. The molecule has 0 aliphatic rings. The number of carbonyl (C=O) groups excluding carboxylic acids is 1. The van der Waals surface area contributed by atoms with Crippen LogP contribution in [-0.4, -0.2) is 25.9 Å². The Morgan fingerprint density at radius 2 is 2.17 bits per heavy atom. The van der Waals surface area contributed by atoms with Crippen molar-refractivity contribution in [2.24, 2.45) is 0 Å². The van der Waals surface area contributed by atoms with Crippen molar-refractivity contribution in [1.29, 1.82) is 0 Å². The molecule has 2 rings (SSSR count). The largest absolute Gasteiger partial charge is 1.00 e. The molecule has 0 N–H and O–H groups in total. The first-order chi connectivity index (χ1) is 8.25. The van der Waals surface area contributed by atoms with E-state index in [-0.39, 0.29) is 25.3 Å². The van der Waals surface area contributed by atoms with Crippen LogP contribution in [0.15, 0.2) is 30.6 Å². The molecule has 0 aliphatic carbocycles. The Morgan fingerprint density at radius 3 is 2.83 bits per heavy atom. The van der Waals surface area contributed by atoms with E-state index in [2.05, 4.69) is 15.3 Å². The fourth-order valence-corrected chi connectivity index (χ4v) is 1.42. The summed E-state index contributed by atoms with van der Waals surface area (Å²) in [5, 5.41) is 18.1. The molecule has 0 unspecified atom stereocenters. The Kier molecular flexibility index (Phi) is 5.56. The predicted octanol–water partition coefficient (Wildman–Crippen LogP) is -3.13. The summed E-state index contributed by atoms with van der Waals surface area (Å²) in [7, 11) is 0. The van der Waals surface area contributed by atoms with Crippen LogP contribution in [0.25, 0.3) is 11.4 Å². The second kappa shape index (κ2) is 6.94. The van der Waals surface area contributed by atoms with E-state index in [1.54, 1.807) is 17.1 Å². The Hall–Kier alpha value is -1.64. The summed E-state index contributed by atoms with van der Waals surface area (Å²) in [5.74, 6) is -1.05. The number of nitrogens with zero attached hydrogens (tertiary/aromatic N) is 4. The molecule has 0 aliphatic heterocycles. The minimum absolute atomic E-state index is 0. The molecule has 0 radical (unpaired) electrons. The molecule has 2 aromatic heterocycles. The van der Waals surface area contributed by atoms with Crippen LogP contribution in [0.2, 0.25) is 0 Å². The molecule has 0 aromatic carbocycles. The van der Waals surface area contributed by atoms with Crippen LogP contribution in [0.4, 0.5) is 0 Å². The third-order valence-corrected chi connectivity index (χ3v) is 2.23. The van der Waals surface area contributed by atoms with Gasteiger partial charge in [0.2, 0.25) is 0 Å². The van der Waals surface area contributed by atoms with Gasteiger partial charge in [0.05, 0.1) is 11.9 Å². The number of rotatable bonds is 5. The van der Waals surface area contributed by atoms with Crippen LogP contribution < -0.4 is 24.0 Å². The molecule has 0 amide bonds. The summed E-state index contributed by atoms with van der Waals surface area (Å²) in [6.45, 7) is 0.508. The van der Waals surface area contributed by atoms with Crippen molar-refractivity contribution in [3.63, 3.8) is 0 Å². The second-order valence-electron chi connectivity index (χ2n) is 3.56. The maximum absolute atomic E-state index is 10.2. The molecule has 2 heterocycles. The van der Waals surface area contributed by atoms with Gasteiger partial charge in [-0.15, -0.1) is 5.10 Å². The molecule has 0 bridgehead atoms. The molecule has 0 saturated carbocycles. The van der Waals surface area contributed by atoms with Crippen molar-refractivity contribution in [3.05, 3.63) is 30.6 Å². The van der Waals surface area contributed by atoms with E-state index >= 15 is 0 Å². The summed E-state index contributed by atoms with van der Waals surface area (Å²) < 4.78 is 1.60. The number of carboxylic acid groups (broad SMARTS) is 1. The van der Waals surface area contributed by atoms with Crippen LogP contribution in [-0.2, 0) is 11.3 Å². The van der Waals surface area contributed by atoms with Crippen molar-refractivity contribution in [2.75, 3.05) is 0 Å². The van der Waals surface area contributed by atoms with Crippen molar-refractivity contribution in [1.82, 2.24) is 20.0 Å². The van der Waals surface area contributed by atoms with Gasteiger partial charge >= 0.3 is 18.9 Å². The zero-order valence-corrected chi connectivity index (χ0v) is 10.1. The number of carbonyl (C=O) groups is 1. The molecular weight excluding hydrogens is 227 g/mol. The molecule has 18 heavy (non-hydrogen) atoms.